The topological polar surface area (TPSA) is 46.1 Å². The van der Waals surface area contributed by atoms with Crippen LogP contribution in [0.2, 0.25) is 0 Å². The van der Waals surface area contributed by atoms with Gasteiger partial charge in [0.25, 0.3) is 5.91 Å². The number of carbonyl (C=O) groups excluding carboxylic acids is 1. The summed E-state index contributed by atoms with van der Waals surface area (Å²) >= 11 is 3.73. The van der Waals surface area contributed by atoms with Gasteiger partial charge in [0.15, 0.2) is 0 Å². The average molecular weight is 305 g/mol. The molecule has 0 radical (unpaired) electrons. The quantitative estimate of drug-likeness (QED) is 0.856. The molecule has 104 valence electrons. The lowest BCUT2D eigenvalue weighted by Crippen LogP contribution is -2.34. The van der Waals surface area contributed by atoms with Gasteiger partial charge in [0.2, 0.25) is 5.82 Å². The summed E-state index contributed by atoms with van der Waals surface area (Å²) in [6.45, 7) is 1.54. The van der Waals surface area contributed by atoms with Crippen LogP contribution in [0.3, 0.4) is 0 Å². The summed E-state index contributed by atoms with van der Waals surface area (Å²) in [6.07, 6.45) is 4.21. The number of hydrogen-bond acceptors (Lipinski definition) is 5. The van der Waals surface area contributed by atoms with Gasteiger partial charge < -0.3 is 4.90 Å². The maximum absolute atomic E-state index is 12.3. The SMILES string of the molecule is O=C(c1ncccn1)N1CCSC(c2cccs2)CC1. The average Bonchev–Trinajstić information content (AvgIpc) is 2.92. The van der Waals surface area contributed by atoms with Crippen molar-refractivity contribution in [3.63, 3.8) is 0 Å². The van der Waals surface area contributed by atoms with Crippen LogP contribution in [0.1, 0.15) is 27.2 Å². The van der Waals surface area contributed by atoms with Crippen LogP contribution < -0.4 is 0 Å². The van der Waals surface area contributed by atoms with Gasteiger partial charge in [-0.25, -0.2) is 9.97 Å². The lowest BCUT2D eigenvalue weighted by molar-refractivity contribution is 0.0754. The molecule has 1 saturated heterocycles. The number of rotatable bonds is 2. The van der Waals surface area contributed by atoms with E-state index in [0.29, 0.717) is 11.1 Å². The minimum Gasteiger partial charge on any atom is -0.335 e. The molecule has 1 aliphatic heterocycles. The molecule has 0 spiro atoms. The summed E-state index contributed by atoms with van der Waals surface area (Å²) in [6, 6.07) is 5.99. The Labute approximate surface area is 126 Å². The summed E-state index contributed by atoms with van der Waals surface area (Å²) in [5.74, 6) is 1.20. The number of thiophene rings is 1. The van der Waals surface area contributed by atoms with Gasteiger partial charge in [-0.05, 0) is 23.9 Å². The molecule has 6 heteroatoms. The molecule has 0 bridgehead atoms. The second kappa shape index (κ2) is 6.37. The van der Waals surface area contributed by atoms with Crippen molar-refractivity contribution in [3.05, 3.63) is 46.7 Å². The van der Waals surface area contributed by atoms with Crippen LogP contribution >= 0.6 is 23.1 Å². The van der Waals surface area contributed by atoms with Crippen molar-refractivity contribution in [3.8, 4) is 0 Å². The predicted octanol–water partition coefficient (Wildman–Crippen LogP) is 2.86. The highest BCUT2D eigenvalue weighted by Gasteiger charge is 2.24. The molecule has 3 rings (SSSR count). The molecule has 3 heterocycles. The van der Waals surface area contributed by atoms with E-state index in [4.69, 9.17) is 0 Å². The van der Waals surface area contributed by atoms with Crippen molar-refractivity contribution in [1.82, 2.24) is 14.9 Å². The van der Waals surface area contributed by atoms with E-state index in [1.807, 2.05) is 16.7 Å². The van der Waals surface area contributed by atoms with E-state index in [0.717, 1.165) is 25.3 Å². The van der Waals surface area contributed by atoms with Crippen LogP contribution in [0.25, 0.3) is 0 Å². The summed E-state index contributed by atoms with van der Waals surface area (Å²) in [7, 11) is 0. The standard InChI is InChI=1S/C14H15N3OS2/c18-14(13-15-5-2-6-16-13)17-7-4-12(20-10-8-17)11-3-1-9-19-11/h1-3,5-6,9,12H,4,7-8,10H2. The first-order chi connectivity index (χ1) is 9.84. The Balaban J connectivity index is 1.67. The van der Waals surface area contributed by atoms with Crippen LogP contribution in [0.4, 0.5) is 0 Å². The second-order valence-corrected chi connectivity index (χ2v) is 6.82. The Morgan fingerprint density at radius 2 is 2.10 bits per heavy atom. The number of amides is 1. The number of nitrogens with zero attached hydrogens (tertiary/aromatic N) is 3. The van der Waals surface area contributed by atoms with E-state index in [-0.39, 0.29) is 5.91 Å². The molecule has 4 nitrogen and oxygen atoms in total. The molecule has 0 aromatic carbocycles. The molecule has 1 atom stereocenters. The van der Waals surface area contributed by atoms with Crippen molar-refractivity contribution < 1.29 is 4.79 Å². The maximum atomic E-state index is 12.3. The van der Waals surface area contributed by atoms with Gasteiger partial charge in [0, 0.05) is 41.4 Å². The molecule has 1 amide bonds. The summed E-state index contributed by atoms with van der Waals surface area (Å²) < 4.78 is 0. The van der Waals surface area contributed by atoms with Crippen LogP contribution in [0.5, 0.6) is 0 Å². The molecular formula is C14H15N3OS2. The molecule has 0 N–H and O–H groups in total. The Morgan fingerprint density at radius 1 is 1.25 bits per heavy atom. The van der Waals surface area contributed by atoms with E-state index in [1.54, 1.807) is 29.8 Å². The van der Waals surface area contributed by atoms with Gasteiger partial charge in [-0.15, -0.1) is 11.3 Å². The van der Waals surface area contributed by atoms with Crippen LogP contribution in [-0.2, 0) is 0 Å². The summed E-state index contributed by atoms with van der Waals surface area (Å²) in [4.78, 5) is 23.7. The van der Waals surface area contributed by atoms with Crippen LogP contribution in [0, 0.1) is 0 Å². The summed E-state index contributed by atoms with van der Waals surface area (Å²) in [5, 5.41) is 2.62. The maximum Gasteiger partial charge on any atom is 0.291 e. The van der Waals surface area contributed by atoms with E-state index < -0.39 is 0 Å². The first-order valence-electron chi connectivity index (χ1n) is 6.56. The minimum absolute atomic E-state index is 0.0574. The third-order valence-electron chi connectivity index (χ3n) is 3.25. The van der Waals surface area contributed by atoms with Gasteiger partial charge >= 0.3 is 0 Å². The zero-order valence-electron chi connectivity index (χ0n) is 10.9. The highest BCUT2D eigenvalue weighted by molar-refractivity contribution is 7.99. The van der Waals surface area contributed by atoms with E-state index in [2.05, 4.69) is 27.5 Å². The van der Waals surface area contributed by atoms with Gasteiger partial charge in [-0.1, -0.05) is 6.07 Å². The van der Waals surface area contributed by atoms with Crippen molar-refractivity contribution in [1.29, 1.82) is 0 Å². The monoisotopic (exact) mass is 305 g/mol. The third kappa shape index (κ3) is 3.02. The highest BCUT2D eigenvalue weighted by atomic mass is 32.2. The normalized spacial score (nSPS) is 19.6. The molecule has 1 fully saturated rings. The van der Waals surface area contributed by atoms with E-state index in [9.17, 15) is 4.79 Å². The lowest BCUT2D eigenvalue weighted by atomic mass is 10.2. The number of carbonyl (C=O) groups is 1. The molecule has 1 aliphatic rings. The highest BCUT2D eigenvalue weighted by Crippen LogP contribution is 2.36. The largest absolute Gasteiger partial charge is 0.335 e. The van der Waals surface area contributed by atoms with Gasteiger partial charge in [-0.2, -0.15) is 11.8 Å². The number of aromatic nitrogens is 2. The number of hydrogen-bond donors (Lipinski definition) is 0. The fourth-order valence-corrected chi connectivity index (χ4v) is 4.46. The fraction of sp³-hybridized carbons (Fsp3) is 0.357. The number of thioether (sulfide) groups is 1. The Hall–Kier alpha value is -1.40. The molecule has 1 unspecified atom stereocenters. The first-order valence-corrected chi connectivity index (χ1v) is 8.49. The van der Waals surface area contributed by atoms with Crippen LogP contribution in [-0.4, -0.2) is 39.6 Å². The van der Waals surface area contributed by atoms with E-state index >= 15 is 0 Å². The van der Waals surface area contributed by atoms with Crippen molar-refractivity contribution in [2.75, 3.05) is 18.8 Å². The van der Waals surface area contributed by atoms with E-state index in [1.165, 1.54) is 4.88 Å². The molecular weight excluding hydrogens is 290 g/mol. The second-order valence-electron chi connectivity index (χ2n) is 4.53. The first kappa shape index (κ1) is 13.6. The summed E-state index contributed by atoms with van der Waals surface area (Å²) in [5.41, 5.74) is 0. The van der Waals surface area contributed by atoms with Crippen LogP contribution in [0.15, 0.2) is 36.0 Å². The Kier molecular flexibility index (Phi) is 4.32. The molecule has 0 aliphatic carbocycles. The molecule has 20 heavy (non-hydrogen) atoms. The lowest BCUT2D eigenvalue weighted by Gasteiger charge is -2.18. The molecule has 2 aromatic heterocycles. The zero-order valence-corrected chi connectivity index (χ0v) is 12.6. The van der Waals surface area contributed by atoms with Gasteiger partial charge in [0.05, 0.1) is 0 Å². The Morgan fingerprint density at radius 3 is 2.85 bits per heavy atom. The van der Waals surface area contributed by atoms with Crippen molar-refractivity contribution in [2.24, 2.45) is 0 Å². The minimum atomic E-state index is -0.0574. The molecule has 0 saturated carbocycles. The third-order valence-corrected chi connectivity index (χ3v) is 5.69. The fourth-order valence-electron chi connectivity index (χ4n) is 2.23. The van der Waals surface area contributed by atoms with Crippen molar-refractivity contribution >= 4 is 29.0 Å². The van der Waals surface area contributed by atoms with Crippen molar-refractivity contribution in [2.45, 2.75) is 11.7 Å². The predicted molar refractivity (Wildman–Crippen MR) is 82.1 cm³/mol. The molecule has 2 aromatic rings. The van der Waals surface area contributed by atoms with Gasteiger partial charge in [0.1, 0.15) is 0 Å². The smallest absolute Gasteiger partial charge is 0.291 e. The zero-order chi connectivity index (χ0) is 13.8. The Bertz CT molecular complexity index is 559. The van der Waals surface area contributed by atoms with Gasteiger partial charge in [-0.3, -0.25) is 4.79 Å².